The van der Waals surface area contributed by atoms with Crippen LogP contribution in [-0.2, 0) is 19.8 Å². The number of para-hydroxylation sites is 1. The van der Waals surface area contributed by atoms with Crippen LogP contribution >= 0.6 is 0 Å². The van der Waals surface area contributed by atoms with Gasteiger partial charge in [-0.25, -0.2) is 0 Å². The third-order valence-corrected chi connectivity index (χ3v) is 6.63. The highest BCUT2D eigenvalue weighted by molar-refractivity contribution is 5.97. The Labute approximate surface area is 228 Å². The minimum absolute atomic E-state index is 0.0261. The molecule has 196 valence electrons. The lowest BCUT2D eigenvalue weighted by molar-refractivity contribution is 0.0995. The number of benzene rings is 4. The van der Waals surface area contributed by atoms with Crippen molar-refractivity contribution in [3.05, 3.63) is 126 Å². The quantitative estimate of drug-likeness (QED) is 0.214. The predicted octanol–water partition coefficient (Wildman–Crippen LogP) is 7.00. The number of carbonyl (C=O) groups is 1. The van der Waals surface area contributed by atoms with Crippen LogP contribution in [0.1, 0.15) is 21.5 Å². The van der Waals surface area contributed by atoms with Crippen LogP contribution in [0.25, 0.3) is 10.9 Å². The fourth-order valence-electron chi connectivity index (χ4n) is 4.61. The van der Waals surface area contributed by atoms with E-state index in [9.17, 15) is 9.90 Å². The highest BCUT2D eigenvalue weighted by Gasteiger charge is 2.19. The SMILES string of the molecule is CN(C)c1ccc(C(=O)N=Nc2c(O)n(CN(Cc3ccccc3)Cc3ccccc3)c3ccccc23)cc1. The second kappa shape index (κ2) is 11.8. The van der Waals surface area contributed by atoms with Gasteiger partial charge in [-0.2, -0.15) is 0 Å². The summed E-state index contributed by atoms with van der Waals surface area (Å²) in [6.07, 6.45) is 0. The number of fused-ring (bicyclic) bond motifs is 1. The van der Waals surface area contributed by atoms with E-state index in [-0.39, 0.29) is 11.6 Å². The molecule has 0 bridgehead atoms. The molecule has 0 saturated carbocycles. The molecule has 0 spiro atoms. The fraction of sp³-hybridized carbons (Fsp3) is 0.156. The third-order valence-electron chi connectivity index (χ3n) is 6.63. The highest BCUT2D eigenvalue weighted by Crippen LogP contribution is 2.39. The predicted molar refractivity (Wildman–Crippen MR) is 155 cm³/mol. The Morgan fingerprint density at radius 1 is 0.769 bits per heavy atom. The van der Waals surface area contributed by atoms with Crippen molar-refractivity contribution in [2.24, 2.45) is 10.2 Å². The number of hydrogen-bond acceptors (Lipinski definition) is 5. The molecule has 0 atom stereocenters. The van der Waals surface area contributed by atoms with E-state index in [1.165, 1.54) is 11.1 Å². The van der Waals surface area contributed by atoms with Gasteiger partial charge in [-0.3, -0.25) is 14.3 Å². The number of aromatic hydroxyl groups is 1. The van der Waals surface area contributed by atoms with Gasteiger partial charge in [-0.05, 0) is 41.5 Å². The first-order valence-electron chi connectivity index (χ1n) is 12.8. The molecule has 7 heteroatoms. The second-order valence-corrected chi connectivity index (χ2v) is 9.66. The maximum absolute atomic E-state index is 12.8. The van der Waals surface area contributed by atoms with Gasteiger partial charge in [-0.1, -0.05) is 78.9 Å². The van der Waals surface area contributed by atoms with Crippen molar-refractivity contribution in [3.8, 4) is 5.88 Å². The standard InChI is InChI=1S/C32H31N5O2/c1-35(2)27-19-17-26(18-20-27)31(38)34-33-30-28-15-9-10-16-29(28)37(32(30)39)23-36(21-24-11-5-3-6-12-24)22-25-13-7-4-8-14-25/h3-20,39H,21-23H2,1-2H3. The molecule has 39 heavy (non-hydrogen) atoms. The zero-order valence-corrected chi connectivity index (χ0v) is 22.1. The Kier molecular flexibility index (Phi) is 7.80. The maximum Gasteiger partial charge on any atom is 0.295 e. The Balaban J connectivity index is 1.45. The monoisotopic (exact) mass is 517 g/mol. The van der Waals surface area contributed by atoms with Gasteiger partial charge >= 0.3 is 0 Å². The number of azo groups is 1. The Morgan fingerprint density at radius 2 is 1.33 bits per heavy atom. The zero-order valence-electron chi connectivity index (χ0n) is 22.1. The van der Waals surface area contributed by atoms with Crippen LogP contribution in [0, 0.1) is 0 Å². The van der Waals surface area contributed by atoms with Gasteiger partial charge < -0.3 is 10.0 Å². The lowest BCUT2D eigenvalue weighted by Crippen LogP contribution is -2.25. The van der Waals surface area contributed by atoms with E-state index in [0.29, 0.717) is 25.3 Å². The topological polar surface area (TPSA) is 73.4 Å². The summed E-state index contributed by atoms with van der Waals surface area (Å²) in [6, 6.07) is 35.3. The van der Waals surface area contributed by atoms with Gasteiger partial charge in [-0.15, -0.1) is 10.2 Å². The fourth-order valence-corrected chi connectivity index (χ4v) is 4.61. The van der Waals surface area contributed by atoms with Gasteiger partial charge in [0, 0.05) is 43.8 Å². The summed E-state index contributed by atoms with van der Waals surface area (Å²) in [5, 5.41) is 20.3. The van der Waals surface area contributed by atoms with Crippen molar-refractivity contribution in [1.82, 2.24) is 9.47 Å². The normalized spacial score (nSPS) is 11.5. The first-order valence-corrected chi connectivity index (χ1v) is 12.8. The Bertz CT molecular complexity index is 1530. The maximum atomic E-state index is 12.8. The number of anilines is 1. The Hall–Kier alpha value is -4.75. The summed E-state index contributed by atoms with van der Waals surface area (Å²) < 4.78 is 1.83. The molecule has 4 aromatic carbocycles. The molecule has 1 aromatic heterocycles. The molecular formula is C32H31N5O2. The average Bonchev–Trinajstić information content (AvgIpc) is 3.23. The minimum Gasteiger partial charge on any atom is -0.493 e. The highest BCUT2D eigenvalue weighted by atomic mass is 16.3. The van der Waals surface area contributed by atoms with Crippen LogP contribution in [0.2, 0.25) is 0 Å². The van der Waals surface area contributed by atoms with Crippen molar-refractivity contribution in [1.29, 1.82) is 0 Å². The Morgan fingerprint density at radius 3 is 1.92 bits per heavy atom. The molecule has 0 saturated heterocycles. The van der Waals surface area contributed by atoms with E-state index >= 15 is 0 Å². The third kappa shape index (κ3) is 6.05. The molecule has 1 heterocycles. The van der Waals surface area contributed by atoms with E-state index in [4.69, 9.17) is 0 Å². The lowest BCUT2D eigenvalue weighted by Gasteiger charge is -2.24. The largest absolute Gasteiger partial charge is 0.493 e. The molecule has 0 radical (unpaired) electrons. The summed E-state index contributed by atoms with van der Waals surface area (Å²) in [7, 11) is 3.88. The van der Waals surface area contributed by atoms with Crippen LogP contribution in [0.15, 0.2) is 119 Å². The second-order valence-electron chi connectivity index (χ2n) is 9.66. The number of aromatic nitrogens is 1. The summed E-state index contributed by atoms with van der Waals surface area (Å²) in [6.45, 7) is 1.81. The van der Waals surface area contributed by atoms with Crippen molar-refractivity contribution in [2.45, 2.75) is 19.8 Å². The van der Waals surface area contributed by atoms with Crippen molar-refractivity contribution < 1.29 is 9.90 Å². The van der Waals surface area contributed by atoms with Crippen LogP contribution in [0.4, 0.5) is 11.4 Å². The smallest absolute Gasteiger partial charge is 0.295 e. The van der Waals surface area contributed by atoms with Crippen LogP contribution < -0.4 is 4.90 Å². The summed E-state index contributed by atoms with van der Waals surface area (Å²) in [5.74, 6) is -0.492. The van der Waals surface area contributed by atoms with Gasteiger partial charge in [0.1, 0.15) is 0 Å². The number of rotatable bonds is 9. The summed E-state index contributed by atoms with van der Waals surface area (Å²) >= 11 is 0. The first kappa shape index (κ1) is 25.9. The van der Waals surface area contributed by atoms with Crippen LogP contribution in [0.3, 0.4) is 0 Å². The molecule has 0 fully saturated rings. The minimum atomic E-state index is -0.466. The lowest BCUT2D eigenvalue weighted by atomic mass is 10.2. The van der Waals surface area contributed by atoms with Gasteiger partial charge in [0.2, 0.25) is 5.88 Å². The average molecular weight is 518 g/mol. The number of amides is 1. The number of hydrogen-bond donors (Lipinski definition) is 1. The molecule has 0 unspecified atom stereocenters. The molecular weight excluding hydrogens is 486 g/mol. The summed E-state index contributed by atoms with van der Waals surface area (Å²) in [4.78, 5) is 17.0. The van der Waals surface area contributed by atoms with E-state index < -0.39 is 5.91 Å². The van der Waals surface area contributed by atoms with Crippen molar-refractivity contribution in [3.63, 3.8) is 0 Å². The van der Waals surface area contributed by atoms with E-state index in [0.717, 1.165) is 16.6 Å². The van der Waals surface area contributed by atoms with Crippen LogP contribution in [0.5, 0.6) is 5.88 Å². The molecule has 0 aliphatic carbocycles. The molecule has 5 rings (SSSR count). The van der Waals surface area contributed by atoms with E-state index in [2.05, 4.69) is 39.4 Å². The van der Waals surface area contributed by atoms with E-state index in [1.54, 1.807) is 12.1 Å². The van der Waals surface area contributed by atoms with Gasteiger partial charge in [0.15, 0.2) is 5.69 Å². The van der Waals surface area contributed by atoms with Crippen molar-refractivity contribution >= 4 is 28.2 Å². The molecule has 0 aliphatic heterocycles. The zero-order chi connectivity index (χ0) is 27.2. The van der Waals surface area contributed by atoms with Gasteiger partial charge in [0.25, 0.3) is 5.91 Å². The first-order chi connectivity index (χ1) is 19.0. The van der Waals surface area contributed by atoms with E-state index in [1.807, 2.05) is 96.4 Å². The summed E-state index contributed by atoms with van der Waals surface area (Å²) in [5.41, 5.74) is 4.87. The van der Waals surface area contributed by atoms with Crippen LogP contribution in [-0.4, -0.2) is 34.6 Å². The molecule has 7 nitrogen and oxygen atoms in total. The molecule has 0 aliphatic rings. The molecule has 1 N–H and O–H groups in total. The molecule has 5 aromatic rings. The number of nitrogens with zero attached hydrogens (tertiary/aromatic N) is 5. The number of carbonyl (C=O) groups excluding carboxylic acids is 1. The van der Waals surface area contributed by atoms with Gasteiger partial charge in [0.05, 0.1) is 12.2 Å². The van der Waals surface area contributed by atoms with Crippen molar-refractivity contribution in [2.75, 3.05) is 19.0 Å². The molecule has 1 amide bonds.